The van der Waals surface area contributed by atoms with E-state index in [1.165, 1.54) is 12.8 Å². The molecular formula is C20H32N4O2. The number of nitrogens with zero attached hydrogens (tertiary/aromatic N) is 3. The van der Waals surface area contributed by atoms with Crippen LogP contribution in [-0.4, -0.2) is 73.2 Å². The summed E-state index contributed by atoms with van der Waals surface area (Å²) in [4.78, 5) is 21.9. The van der Waals surface area contributed by atoms with Crippen LogP contribution in [-0.2, 0) is 16.1 Å². The zero-order chi connectivity index (χ0) is 18.2. The van der Waals surface area contributed by atoms with Crippen molar-refractivity contribution in [3.8, 4) is 0 Å². The SMILES string of the molecule is COCCN1CCC(N2CCC[C@@H](C(=O)NCc3ccccn3)C2)CC1. The monoisotopic (exact) mass is 360 g/mol. The van der Waals surface area contributed by atoms with Gasteiger partial charge in [-0.2, -0.15) is 0 Å². The molecule has 2 aliphatic heterocycles. The van der Waals surface area contributed by atoms with E-state index in [0.717, 1.165) is 57.9 Å². The number of hydrogen-bond acceptors (Lipinski definition) is 5. The lowest BCUT2D eigenvalue weighted by molar-refractivity contribution is -0.127. The predicted molar refractivity (Wildman–Crippen MR) is 102 cm³/mol. The summed E-state index contributed by atoms with van der Waals surface area (Å²) in [6, 6.07) is 6.42. The zero-order valence-electron chi connectivity index (χ0n) is 15.9. The number of carbonyl (C=O) groups excluding carboxylic acids is 1. The first kappa shape index (κ1) is 19.3. The highest BCUT2D eigenvalue weighted by molar-refractivity contribution is 5.78. The summed E-state index contributed by atoms with van der Waals surface area (Å²) >= 11 is 0. The molecule has 1 aromatic heterocycles. The molecule has 1 N–H and O–H groups in total. The maximum atomic E-state index is 12.6. The average molecular weight is 361 g/mol. The van der Waals surface area contributed by atoms with Crippen molar-refractivity contribution in [1.82, 2.24) is 20.1 Å². The summed E-state index contributed by atoms with van der Waals surface area (Å²) in [6.07, 6.45) is 6.28. The molecule has 0 spiro atoms. The minimum absolute atomic E-state index is 0.110. The highest BCUT2D eigenvalue weighted by Gasteiger charge is 2.31. The van der Waals surface area contributed by atoms with Crippen LogP contribution in [0.15, 0.2) is 24.4 Å². The first-order valence-corrected chi connectivity index (χ1v) is 9.89. The van der Waals surface area contributed by atoms with Gasteiger partial charge in [-0.05, 0) is 57.5 Å². The summed E-state index contributed by atoms with van der Waals surface area (Å²) < 4.78 is 5.18. The van der Waals surface area contributed by atoms with Crippen molar-refractivity contribution in [1.29, 1.82) is 0 Å². The smallest absolute Gasteiger partial charge is 0.224 e. The molecule has 144 valence electrons. The number of piperidine rings is 2. The van der Waals surface area contributed by atoms with E-state index in [2.05, 4.69) is 20.1 Å². The van der Waals surface area contributed by atoms with E-state index in [4.69, 9.17) is 4.74 Å². The number of pyridine rings is 1. The van der Waals surface area contributed by atoms with Gasteiger partial charge in [0.05, 0.1) is 24.8 Å². The van der Waals surface area contributed by atoms with Crippen LogP contribution in [0.5, 0.6) is 0 Å². The van der Waals surface area contributed by atoms with Crippen LogP contribution in [0.25, 0.3) is 0 Å². The van der Waals surface area contributed by atoms with Crippen molar-refractivity contribution >= 4 is 5.91 Å². The van der Waals surface area contributed by atoms with Crippen molar-refractivity contribution in [2.75, 3.05) is 46.4 Å². The number of rotatable bonds is 7. The number of likely N-dealkylation sites (tertiary alicyclic amines) is 2. The Bertz CT molecular complexity index is 546. The van der Waals surface area contributed by atoms with Gasteiger partial charge in [-0.25, -0.2) is 0 Å². The number of hydrogen-bond donors (Lipinski definition) is 1. The van der Waals surface area contributed by atoms with Crippen LogP contribution in [0.4, 0.5) is 0 Å². The molecule has 1 atom stereocenters. The lowest BCUT2D eigenvalue weighted by Crippen LogP contribution is -2.51. The Kier molecular flexibility index (Phi) is 7.41. The molecule has 0 bridgehead atoms. The number of ether oxygens (including phenoxy) is 1. The fourth-order valence-electron chi connectivity index (χ4n) is 4.11. The molecule has 3 heterocycles. The molecule has 0 unspecified atom stereocenters. The van der Waals surface area contributed by atoms with Gasteiger partial charge >= 0.3 is 0 Å². The Morgan fingerprint density at radius 1 is 1.27 bits per heavy atom. The summed E-state index contributed by atoms with van der Waals surface area (Å²) in [5.41, 5.74) is 0.914. The van der Waals surface area contributed by atoms with Gasteiger partial charge in [-0.1, -0.05) is 6.07 Å². The largest absolute Gasteiger partial charge is 0.383 e. The molecule has 0 radical (unpaired) electrons. The molecule has 2 saturated heterocycles. The first-order valence-electron chi connectivity index (χ1n) is 9.89. The van der Waals surface area contributed by atoms with E-state index in [1.807, 2.05) is 18.2 Å². The van der Waals surface area contributed by atoms with E-state index in [9.17, 15) is 4.79 Å². The third-order valence-electron chi connectivity index (χ3n) is 5.68. The Morgan fingerprint density at radius 2 is 2.12 bits per heavy atom. The summed E-state index contributed by atoms with van der Waals surface area (Å²) in [5, 5.41) is 3.07. The van der Waals surface area contributed by atoms with Crippen molar-refractivity contribution in [2.24, 2.45) is 5.92 Å². The molecule has 1 amide bonds. The molecular weight excluding hydrogens is 328 g/mol. The van der Waals surface area contributed by atoms with Gasteiger partial charge in [0.1, 0.15) is 0 Å². The summed E-state index contributed by atoms with van der Waals surface area (Å²) in [5.74, 6) is 0.289. The van der Waals surface area contributed by atoms with Gasteiger partial charge < -0.3 is 15.0 Å². The fourth-order valence-corrected chi connectivity index (χ4v) is 4.11. The number of carbonyl (C=O) groups is 1. The molecule has 6 heteroatoms. The number of nitrogens with one attached hydrogen (secondary N) is 1. The minimum atomic E-state index is 0.110. The highest BCUT2D eigenvalue weighted by atomic mass is 16.5. The molecule has 0 aliphatic carbocycles. The van der Waals surface area contributed by atoms with E-state index in [-0.39, 0.29) is 11.8 Å². The van der Waals surface area contributed by atoms with Crippen molar-refractivity contribution in [3.63, 3.8) is 0 Å². The molecule has 3 rings (SSSR count). The van der Waals surface area contributed by atoms with Crippen LogP contribution in [0.3, 0.4) is 0 Å². The second-order valence-corrected chi connectivity index (χ2v) is 7.44. The van der Waals surface area contributed by atoms with Gasteiger partial charge in [0.15, 0.2) is 0 Å². The fraction of sp³-hybridized carbons (Fsp3) is 0.700. The van der Waals surface area contributed by atoms with Crippen molar-refractivity contribution in [2.45, 2.75) is 38.3 Å². The van der Waals surface area contributed by atoms with Crippen LogP contribution >= 0.6 is 0 Å². The van der Waals surface area contributed by atoms with Gasteiger partial charge in [-0.15, -0.1) is 0 Å². The number of aromatic nitrogens is 1. The van der Waals surface area contributed by atoms with Crippen LogP contribution in [0.1, 0.15) is 31.4 Å². The summed E-state index contributed by atoms with van der Waals surface area (Å²) in [6.45, 7) is 6.68. The van der Waals surface area contributed by atoms with Crippen molar-refractivity contribution < 1.29 is 9.53 Å². The Labute approximate surface area is 156 Å². The second kappa shape index (κ2) is 10.00. The molecule has 26 heavy (non-hydrogen) atoms. The molecule has 2 aliphatic rings. The van der Waals surface area contributed by atoms with Crippen LogP contribution < -0.4 is 5.32 Å². The number of methoxy groups -OCH3 is 1. The minimum Gasteiger partial charge on any atom is -0.383 e. The second-order valence-electron chi connectivity index (χ2n) is 7.44. The van der Waals surface area contributed by atoms with Gasteiger partial charge in [0.2, 0.25) is 5.91 Å². The lowest BCUT2D eigenvalue weighted by atomic mass is 9.93. The summed E-state index contributed by atoms with van der Waals surface area (Å²) in [7, 11) is 1.76. The molecule has 0 aromatic carbocycles. The van der Waals surface area contributed by atoms with E-state index in [1.54, 1.807) is 13.3 Å². The standard InChI is InChI=1S/C20H32N4O2/c1-26-14-13-23-11-7-19(8-12-23)24-10-4-5-17(16-24)20(25)22-15-18-6-2-3-9-21-18/h2-3,6,9,17,19H,4-5,7-8,10-16H2,1H3,(H,22,25)/t17-/m1/s1. The van der Waals surface area contributed by atoms with Crippen LogP contribution in [0.2, 0.25) is 0 Å². The quantitative estimate of drug-likeness (QED) is 0.799. The first-order chi connectivity index (χ1) is 12.8. The molecule has 0 saturated carbocycles. The van der Waals surface area contributed by atoms with Crippen molar-refractivity contribution in [3.05, 3.63) is 30.1 Å². The molecule has 2 fully saturated rings. The Morgan fingerprint density at radius 3 is 2.85 bits per heavy atom. The van der Waals surface area contributed by atoms with Gasteiger partial charge in [0.25, 0.3) is 0 Å². The Balaban J connectivity index is 1.43. The zero-order valence-corrected chi connectivity index (χ0v) is 15.9. The molecule has 6 nitrogen and oxygen atoms in total. The third kappa shape index (κ3) is 5.50. The van der Waals surface area contributed by atoms with E-state index in [0.29, 0.717) is 12.6 Å². The Hall–Kier alpha value is -1.50. The number of amides is 1. The van der Waals surface area contributed by atoms with Gasteiger partial charge in [0, 0.05) is 32.4 Å². The predicted octanol–water partition coefficient (Wildman–Crippen LogP) is 1.52. The highest BCUT2D eigenvalue weighted by Crippen LogP contribution is 2.24. The van der Waals surface area contributed by atoms with Gasteiger partial charge in [-0.3, -0.25) is 14.7 Å². The normalized spacial score (nSPS) is 23.0. The topological polar surface area (TPSA) is 57.7 Å². The van der Waals surface area contributed by atoms with Crippen LogP contribution in [0, 0.1) is 5.92 Å². The average Bonchev–Trinajstić information content (AvgIpc) is 2.71. The third-order valence-corrected chi connectivity index (χ3v) is 5.68. The maximum Gasteiger partial charge on any atom is 0.224 e. The maximum absolute atomic E-state index is 12.6. The van der Waals surface area contributed by atoms with E-state index >= 15 is 0 Å². The van der Waals surface area contributed by atoms with E-state index < -0.39 is 0 Å². The lowest BCUT2D eigenvalue weighted by Gasteiger charge is -2.42. The molecule has 1 aromatic rings.